The first kappa shape index (κ1) is 18.5. The highest BCUT2D eigenvalue weighted by molar-refractivity contribution is 8.22. The van der Waals surface area contributed by atoms with E-state index >= 15 is 0 Å². The smallest absolute Gasteiger partial charge is 0.267 e. The second kappa shape index (κ2) is 6.79. The van der Waals surface area contributed by atoms with Gasteiger partial charge in [0.1, 0.15) is 9.83 Å². The van der Waals surface area contributed by atoms with Crippen LogP contribution in [0.3, 0.4) is 0 Å². The molecule has 7 heteroatoms. The van der Waals surface area contributed by atoms with Gasteiger partial charge in [0.2, 0.25) is 0 Å². The second-order valence-corrected chi connectivity index (χ2v) is 10.6. The van der Waals surface area contributed by atoms with E-state index in [2.05, 4.69) is 6.58 Å². The van der Waals surface area contributed by atoms with Crippen molar-refractivity contribution in [3.8, 4) is 0 Å². The number of hydrogen-bond donors (Lipinski definition) is 1. The highest BCUT2D eigenvalue weighted by Gasteiger charge is 2.48. The summed E-state index contributed by atoms with van der Waals surface area (Å²) in [5.74, 6) is -0.0340. The minimum atomic E-state index is -4.23. The molecule has 2 unspecified atom stereocenters. The van der Waals surface area contributed by atoms with E-state index in [1.54, 1.807) is 6.92 Å². The first-order valence-electron chi connectivity index (χ1n) is 7.67. The fraction of sp³-hybridized carbons (Fsp3) is 0.278. The van der Waals surface area contributed by atoms with E-state index in [1.807, 2.05) is 42.5 Å². The Labute approximate surface area is 155 Å². The van der Waals surface area contributed by atoms with Crippen molar-refractivity contribution in [2.45, 2.75) is 16.3 Å². The van der Waals surface area contributed by atoms with Crippen LogP contribution in [-0.2, 0) is 19.0 Å². The Kier molecular flexibility index (Phi) is 5.03. The zero-order valence-corrected chi connectivity index (χ0v) is 16.1. The van der Waals surface area contributed by atoms with E-state index in [4.69, 9.17) is 0 Å². The molecule has 1 heterocycles. The quantitative estimate of drug-likeness (QED) is 0.613. The van der Waals surface area contributed by atoms with Crippen LogP contribution in [0.2, 0.25) is 0 Å². The minimum absolute atomic E-state index is 0.0741. The van der Waals surface area contributed by atoms with Gasteiger partial charge in [0.05, 0.1) is 5.25 Å². The lowest BCUT2D eigenvalue weighted by atomic mass is 10.0. The molecule has 0 bridgehead atoms. The van der Waals surface area contributed by atoms with E-state index in [0.29, 0.717) is 11.3 Å². The van der Waals surface area contributed by atoms with Crippen molar-refractivity contribution in [2.24, 2.45) is 0 Å². The summed E-state index contributed by atoms with van der Waals surface area (Å²) in [5.41, 5.74) is 1.27. The van der Waals surface area contributed by atoms with E-state index in [9.17, 15) is 17.8 Å². The first-order valence-corrected chi connectivity index (χ1v) is 11.1. The molecule has 0 aromatic heterocycles. The molecule has 2 aromatic rings. The number of ketones is 1. The van der Waals surface area contributed by atoms with Crippen molar-refractivity contribution in [1.29, 1.82) is 0 Å². The Morgan fingerprint density at radius 3 is 2.64 bits per heavy atom. The summed E-state index contributed by atoms with van der Waals surface area (Å²) in [6.07, 6.45) is 0. The van der Waals surface area contributed by atoms with Crippen molar-refractivity contribution < 1.29 is 17.8 Å². The van der Waals surface area contributed by atoms with Crippen molar-refractivity contribution in [3.63, 3.8) is 0 Å². The zero-order chi connectivity index (χ0) is 18.2. The Balaban J connectivity index is 2.13. The molecular weight excluding hydrogens is 376 g/mol. The van der Waals surface area contributed by atoms with Crippen molar-refractivity contribution >= 4 is 50.2 Å². The first-order chi connectivity index (χ1) is 11.7. The van der Waals surface area contributed by atoms with Gasteiger partial charge in [-0.25, -0.2) is 0 Å². The van der Waals surface area contributed by atoms with E-state index in [0.717, 1.165) is 16.3 Å². The number of hydrogen-bond acceptors (Lipinski definition) is 5. The second-order valence-electron chi connectivity index (χ2n) is 6.07. The topological polar surface area (TPSA) is 71.4 Å². The van der Waals surface area contributed by atoms with Crippen LogP contribution in [0.4, 0.5) is 0 Å². The maximum atomic E-state index is 12.3. The van der Waals surface area contributed by atoms with Crippen LogP contribution >= 0.6 is 23.5 Å². The molecule has 1 aliphatic rings. The van der Waals surface area contributed by atoms with Crippen LogP contribution in [-0.4, -0.2) is 35.5 Å². The van der Waals surface area contributed by atoms with Crippen LogP contribution in [0.1, 0.15) is 12.5 Å². The van der Waals surface area contributed by atoms with Gasteiger partial charge in [0, 0.05) is 5.75 Å². The number of allylic oxidation sites excluding steroid dienone is 1. The van der Waals surface area contributed by atoms with E-state index in [-0.39, 0.29) is 11.0 Å². The number of fused-ring (bicyclic) bond motifs is 1. The average Bonchev–Trinajstić information content (AvgIpc) is 2.96. The lowest BCUT2D eigenvalue weighted by molar-refractivity contribution is -0.114. The largest absolute Gasteiger partial charge is 0.293 e. The van der Waals surface area contributed by atoms with Crippen LogP contribution in [0.25, 0.3) is 10.8 Å². The number of carbonyl (C=O) groups excluding carboxylic acids is 1. The summed E-state index contributed by atoms with van der Waals surface area (Å²) in [4.78, 5) is 12.3. The number of rotatable bonds is 5. The average molecular weight is 395 g/mol. The lowest BCUT2D eigenvalue weighted by Gasteiger charge is -2.28. The van der Waals surface area contributed by atoms with Crippen molar-refractivity contribution in [2.75, 3.05) is 11.5 Å². The molecule has 1 N–H and O–H groups in total. The molecule has 0 aliphatic carbocycles. The number of benzene rings is 2. The molecule has 0 spiro atoms. The normalized spacial score (nSPS) is 23.7. The van der Waals surface area contributed by atoms with E-state index in [1.165, 1.54) is 23.5 Å². The molecule has 0 saturated carbocycles. The highest BCUT2D eigenvalue weighted by atomic mass is 32.2. The third kappa shape index (κ3) is 3.79. The third-order valence-electron chi connectivity index (χ3n) is 4.09. The van der Waals surface area contributed by atoms with Gasteiger partial charge in [0.15, 0.2) is 5.78 Å². The van der Waals surface area contributed by atoms with Gasteiger partial charge in [-0.05, 0) is 28.8 Å². The summed E-state index contributed by atoms with van der Waals surface area (Å²) < 4.78 is 32.1. The highest BCUT2D eigenvalue weighted by Crippen LogP contribution is 2.57. The van der Waals surface area contributed by atoms with Gasteiger partial charge in [-0.1, -0.05) is 49.0 Å². The van der Waals surface area contributed by atoms with Crippen LogP contribution in [0.15, 0.2) is 54.6 Å². The molecule has 4 nitrogen and oxygen atoms in total. The standard InChI is InChI=1S/C18H18O4S3/c1-12(2)17(19)16-10-23-18(24-16,11-25(20,21)22)15-9-5-7-13-6-3-4-8-14(13)15/h3-9,16H,1,10-11H2,2H3,(H,20,21,22). The molecule has 0 radical (unpaired) electrons. The number of thioether (sulfide) groups is 2. The SMILES string of the molecule is C=C(C)C(=O)C1CSC(CS(=O)(=O)O)(c2cccc3ccccc23)S1. The Morgan fingerprint density at radius 2 is 1.96 bits per heavy atom. The summed E-state index contributed by atoms with van der Waals surface area (Å²) >= 11 is 2.70. The summed E-state index contributed by atoms with van der Waals surface area (Å²) in [7, 11) is -4.23. The van der Waals surface area contributed by atoms with Crippen molar-refractivity contribution in [1.82, 2.24) is 0 Å². The maximum absolute atomic E-state index is 12.3. The molecule has 3 rings (SSSR count). The molecule has 25 heavy (non-hydrogen) atoms. The fourth-order valence-corrected chi connectivity index (χ4v) is 8.42. The van der Waals surface area contributed by atoms with Crippen LogP contribution in [0.5, 0.6) is 0 Å². The maximum Gasteiger partial charge on any atom is 0.267 e. The van der Waals surface area contributed by atoms with Crippen LogP contribution < -0.4 is 0 Å². The fourth-order valence-electron chi connectivity index (χ4n) is 3.00. The molecule has 1 fully saturated rings. The van der Waals surface area contributed by atoms with Crippen LogP contribution in [0, 0.1) is 0 Å². The number of Topliss-reactive ketones (excluding diaryl/α,β-unsaturated/α-hetero) is 1. The molecule has 132 valence electrons. The lowest BCUT2D eigenvalue weighted by Crippen LogP contribution is -2.27. The monoisotopic (exact) mass is 394 g/mol. The van der Waals surface area contributed by atoms with Gasteiger partial charge >= 0.3 is 0 Å². The van der Waals surface area contributed by atoms with Gasteiger partial charge in [-0.2, -0.15) is 8.42 Å². The number of carbonyl (C=O) groups is 1. The molecule has 1 saturated heterocycles. The van der Waals surface area contributed by atoms with E-state index < -0.39 is 20.0 Å². The summed E-state index contributed by atoms with van der Waals surface area (Å²) in [6.45, 7) is 5.37. The van der Waals surface area contributed by atoms with Gasteiger partial charge in [-0.3, -0.25) is 9.35 Å². The summed E-state index contributed by atoms with van der Waals surface area (Å²) in [6, 6.07) is 13.4. The van der Waals surface area contributed by atoms with Gasteiger partial charge in [-0.15, -0.1) is 23.5 Å². The Morgan fingerprint density at radius 1 is 1.28 bits per heavy atom. The van der Waals surface area contributed by atoms with Gasteiger partial charge in [0.25, 0.3) is 10.1 Å². The van der Waals surface area contributed by atoms with Gasteiger partial charge < -0.3 is 0 Å². The molecular formula is C18H18O4S3. The minimum Gasteiger partial charge on any atom is -0.293 e. The Bertz CT molecular complexity index is 946. The summed E-state index contributed by atoms with van der Waals surface area (Å²) in [5, 5.41) is 1.55. The predicted molar refractivity (Wildman–Crippen MR) is 106 cm³/mol. The molecule has 2 aromatic carbocycles. The Hall–Kier alpha value is -1.28. The molecule has 1 aliphatic heterocycles. The zero-order valence-electron chi connectivity index (χ0n) is 13.6. The third-order valence-corrected chi connectivity index (χ3v) is 8.84. The molecule has 2 atom stereocenters. The van der Waals surface area contributed by atoms with Crippen molar-refractivity contribution in [3.05, 3.63) is 60.2 Å². The predicted octanol–water partition coefficient (Wildman–Crippen LogP) is 3.87. The molecule has 0 amide bonds.